The first-order valence-corrected chi connectivity index (χ1v) is 13.7. The Morgan fingerprint density at radius 1 is 1.12 bits per heavy atom. The molecule has 216 valence electrons. The molecule has 12 nitrogen and oxygen atoms in total. The lowest BCUT2D eigenvalue weighted by atomic mass is 9.97. The fourth-order valence-corrected chi connectivity index (χ4v) is 4.45. The van der Waals surface area contributed by atoms with E-state index in [4.69, 9.17) is 13.9 Å². The van der Waals surface area contributed by atoms with Crippen molar-refractivity contribution in [3.63, 3.8) is 0 Å². The van der Waals surface area contributed by atoms with Crippen molar-refractivity contribution in [3.8, 4) is 11.6 Å². The van der Waals surface area contributed by atoms with Gasteiger partial charge in [-0.15, -0.1) is 0 Å². The third kappa shape index (κ3) is 6.91. The molecule has 0 radical (unpaired) electrons. The third-order valence-corrected chi connectivity index (χ3v) is 7.06. The minimum Gasteiger partial charge on any atom is -0.481 e. The topological polar surface area (TPSA) is 152 Å². The van der Waals surface area contributed by atoms with Crippen LogP contribution in [0.15, 0.2) is 63.9 Å². The van der Waals surface area contributed by atoms with Crippen LogP contribution in [0.25, 0.3) is 11.0 Å². The summed E-state index contributed by atoms with van der Waals surface area (Å²) in [6.45, 7) is 0.121. The Hall–Kier alpha value is -4.69. The lowest BCUT2D eigenvalue weighted by molar-refractivity contribution is 0.172. The molecule has 0 aliphatic heterocycles. The van der Waals surface area contributed by atoms with Crippen LogP contribution in [0, 0.1) is 5.82 Å². The first kappa shape index (κ1) is 29.3. The number of carbonyl (C=O) groups is 1. The van der Waals surface area contributed by atoms with E-state index in [1.165, 1.54) is 57.4 Å². The largest absolute Gasteiger partial charge is 0.481 e. The molecule has 0 fully saturated rings. The number of nitrogens with one attached hydrogen (secondary N) is 3. The molecule has 0 saturated carbocycles. The van der Waals surface area contributed by atoms with Gasteiger partial charge < -0.3 is 24.1 Å². The van der Waals surface area contributed by atoms with Crippen LogP contribution in [0.5, 0.6) is 11.6 Å². The zero-order chi connectivity index (χ0) is 29.7. The summed E-state index contributed by atoms with van der Waals surface area (Å²) in [4.78, 5) is 30.7. The number of methoxy groups -OCH3 is 1. The van der Waals surface area contributed by atoms with E-state index in [-0.39, 0.29) is 41.1 Å². The van der Waals surface area contributed by atoms with Crippen molar-refractivity contribution < 1.29 is 31.5 Å². The molecular formula is C27H28FN5O7S. The van der Waals surface area contributed by atoms with Gasteiger partial charge in [0.25, 0.3) is 10.2 Å². The number of amides is 1. The van der Waals surface area contributed by atoms with Gasteiger partial charge in [-0.25, -0.2) is 23.7 Å². The molecule has 14 heteroatoms. The number of hydrogen-bond donors (Lipinski definition) is 3. The lowest BCUT2D eigenvalue weighted by Gasteiger charge is -2.16. The van der Waals surface area contributed by atoms with Crippen molar-refractivity contribution in [3.05, 3.63) is 87.7 Å². The van der Waals surface area contributed by atoms with Crippen LogP contribution in [0.2, 0.25) is 0 Å². The zero-order valence-electron chi connectivity index (χ0n) is 22.6. The van der Waals surface area contributed by atoms with Crippen LogP contribution >= 0.6 is 0 Å². The Labute approximate surface area is 235 Å². The number of halogens is 1. The third-order valence-electron chi connectivity index (χ3n) is 6.04. The highest BCUT2D eigenvalue weighted by Gasteiger charge is 2.20. The van der Waals surface area contributed by atoms with Crippen LogP contribution in [0.4, 0.5) is 20.6 Å². The molecule has 3 N–H and O–H groups in total. The summed E-state index contributed by atoms with van der Waals surface area (Å²) in [6, 6.07) is 12.2. The highest BCUT2D eigenvalue weighted by atomic mass is 32.2. The predicted molar refractivity (Wildman–Crippen MR) is 151 cm³/mol. The van der Waals surface area contributed by atoms with E-state index >= 15 is 4.39 Å². The maximum absolute atomic E-state index is 15.4. The van der Waals surface area contributed by atoms with E-state index < -0.39 is 27.7 Å². The number of anilines is 2. The Morgan fingerprint density at radius 2 is 1.90 bits per heavy atom. The molecule has 2 heterocycles. The predicted octanol–water partition coefficient (Wildman–Crippen LogP) is 3.48. The molecule has 0 bridgehead atoms. The summed E-state index contributed by atoms with van der Waals surface area (Å²) in [5.41, 5.74) is 0.483. The molecular weight excluding hydrogens is 557 g/mol. The van der Waals surface area contributed by atoms with E-state index in [1.54, 1.807) is 30.5 Å². The zero-order valence-corrected chi connectivity index (χ0v) is 23.5. The number of hydrogen-bond acceptors (Lipinski definition) is 9. The monoisotopic (exact) mass is 585 g/mol. The van der Waals surface area contributed by atoms with Gasteiger partial charge in [0.15, 0.2) is 5.82 Å². The van der Waals surface area contributed by atoms with Gasteiger partial charge >= 0.3 is 11.7 Å². The van der Waals surface area contributed by atoms with E-state index in [0.29, 0.717) is 22.5 Å². The Kier molecular flexibility index (Phi) is 8.74. The molecule has 1 amide bonds. The molecule has 2 aromatic carbocycles. The number of rotatable bonds is 10. The smallest absolute Gasteiger partial charge is 0.414 e. The standard InChI is InChI=1S/C27H28FN5O7S/c1-29-41(36,37)32-22-7-5-6-16(25(22)28)12-20-21(15-30-17-8-11-24(38-4)31-14-17)19-10-9-18(39-27(35)33(2)3)13-23(19)40-26(20)34/h5-11,13-14,29-30,32H,12,15H2,1-4H3. The molecule has 0 aliphatic rings. The molecule has 41 heavy (non-hydrogen) atoms. The van der Waals surface area contributed by atoms with Crippen molar-refractivity contribution in [2.75, 3.05) is 38.3 Å². The first-order chi connectivity index (χ1) is 19.5. The summed E-state index contributed by atoms with van der Waals surface area (Å²) < 4.78 is 59.4. The molecule has 2 aromatic heterocycles. The van der Waals surface area contributed by atoms with Crippen LogP contribution in [-0.2, 0) is 23.2 Å². The maximum Gasteiger partial charge on any atom is 0.414 e. The number of nitrogens with zero attached hydrogens (tertiary/aromatic N) is 2. The molecule has 4 aromatic rings. The minimum atomic E-state index is -3.98. The molecule has 0 unspecified atom stereocenters. The van der Waals surface area contributed by atoms with Crippen molar-refractivity contribution in [2.24, 2.45) is 0 Å². The van der Waals surface area contributed by atoms with Gasteiger partial charge in [-0.3, -0.25) is 4.72 Å². The van der Waals surface area contributed by atoms with Crippen molar-refractivity contribution in [1.29, 1.82) is 0 Å². The quantitative estimate of drug-likeness (QED) is 0.238. The van der Waals surface area contributed by atoms with E-state index in [1.807, 2.05) is 0 Å². The minimum absolute atomic E-state index is 0.0665. The van der Waals surface area contributed by atoms with Crippen LogP contribution < -0.4 is 29.9 Å². The number of benzene rings is 2. The van der Waals surface area contributed by atoms with Gasteiger partial charge in [0.1, 0.15) is 11.3 Å². The Bertz CT molecular complexity index is 1740. The fraction of sp³-hybridized carbons (Fsp3) is 0.222. The van der Waals surface area contributed by atoms with Crippen molar-refractivity contribution in [2.45, 2.75) is 13.0 Å². The van der Waals surface area contributed by atoms with Crippen LogP contribution in [-0.4, -0.2) is 52.6 Å². The van der Waals surface area contributed by atoms with Crippen molar-refractivity contribution >= 4 is 38.6 Å². The molecule has 0 spiro atoms. The average Bonchev–Trinajstić information content (AvgIpc) is 2.95. The average molecular weight is 586 g/mol. The lowest BCUT2D eigenvalue weighted by Crippen LogP contribution is -2.27. The number of carbonyl (C=O) groups excluding carboxylic acids is 1. The SMILES string of the molecule is CNS(=O)(=O)Nc1cccc(Cc2c(CNc3ccc(OC)nc3)c3ccc(OC(=O)N(C)C)cc3oc2=O)c1F. The molecule has 0 atom stereocenters. The number of fused-ring (bicyclic) bond motifs is 1. The van der Waals surface area contributed by atoms with Crippen molar-refractivity contribution in [1.82, 2.24) is 14.6 Å². The van der Waals surface area contributed by atoms with Gasteiger partial charge in [0.2, 0.25) is 5.88 Å². The Morgan fingerprint density at radius 3 is 2.56 bits per heavy atom. The summed E-state index contributed by atoms with van der Waals surface area (Å²) in [5, 5.41) is 3.72. The van der Waals surface area contributed by atoms with E-state index in [9.17, 15) is 18.0 Å². The number of ether oxygens (including phenoxy) is 2. The molecule has 0 saturated heterocycles. The highest BCUT2D eigenvalue weighted by molar-refractivity contribution is 7.90. The maximum atomic E-state index is 15.4. The summed E-state index contributed by atoms with van der Waals surface area (Å²) >= 11 is 0. The summed E-state index contributed by atoms with van der Waals surface area (Å²) in [5.74, 6) is -0.248. The van der Waals surface area contributed by atoms with Gasteiger partial charge in [-0.05, 0) is 35.4 Å². The summed E-state index contributed by atoms with van der Waals surface area (Å²) in [7, 11) is 1.78. The molecule has 4 rings (SSSR count). The summed E-state index contributed by atoms with van der Waals surface area (Å²) in [6.07, 6.45) is 0.748. The van der Waals surface area contributed by atoms with Gasteiger partial charge in [0, 0.05) is 57.2 Å². The van der Waals surface area contributed by atoms with Crippen LogP contribution in [0.3, 0.4) is 0 Å². The first-order valence-electron chi connectivity index (χ1n) is 12.2. The van der Waals surface area contributed by atoms with Crippen LogP contribution in [0.1, 0.15) is 16.7 Å². The number of pyridine rings is 1. The number of aromatic nitrogens is 1. The Balaban J connectivity index is 1.78. The normalized spacial score (nSPS) is 11.2. The second-order valence-corrected chi connectivity index (χ2v) is 10.6. The van der Waals surface area contributed by atoms with Gasteiger partial charge in [0.05, 0.1) is 24.7 Å². The molecule has 0 aliphatic carbocycles. The van der Waals surface area contributed by atoms with E-state index in [2.05, 4.69) is 19.7 Å². The highest BCUT2D eigenvalue weighted by Crippen LogP contribution is 2.29. The van der Waals surface area contributed by atoms with Gasteiger partial charge in [-0.2, -0.15) is 8.42 Å². The second-order valence-electron chi connectivity index (χ2n) is 8.97. The second kappa shape index (κ2) is 12.2. The van der Waals surface area contributed by atoms with E-state index in [0.717, 1.165) is 0 Å². The van der Waals surface area contributed by atoms with Gasteiger partial charge in [-0.1, -0.05) is 12.1 Å². The fourth-order valence-electron chi connectivity index (χ4n) is 3.90.